The van der Waals surface area contributed by atoms with Crippen molar-refractivity contribution < 1.29 is 4.79 Å². The van der Waals surface area contributed by atoms with Crippen LogP contribution in [0.1, 0.15) is 50.3 Å². The van der Waals surface area contributed by atoms with Crippen molar-refractivity contribution in [1.29, 1.82) is 0 Å². The predicted octanol–water partition coefficient (Wildman–Crippen LogP) is 1.65. The molecule has 1 unspecified atom stereocenters. The normalized spacial score (nSPS) is 24.1. The van der Waals surface area contributed by atoms with Gasteiger partial charge in [0.1, 0.15) is 0 Å². The minimum absolute atomic E-state index is 0.112. The first kappa shape index (κ1) is 14.6. The molecule has 5 nitrogen and oxygen atoms in total. The van der Waals surface area contributed by atoms with Crippen molar-refractivity contribution in [3.63, 3.8) is 0 Å². The molecule has 1 amide bonds. The highest BCUT2D eigenvalue weighted by Gasteiger charge is 2.40. The number of amides is 1. The van der Waals surface area contributed by atoms with Crippen molar-refractivity contribution in [3.05, 3.63) is 17.5 Å². The molecule has 0 spiro atoms. The predicted molar refractivity (Wildman–Crippen MR) is 81.9 cm³/mol. The highest BCUT2D eigenvalue weighted by molar-refractivity contribution is 5.84. The maximum Gasteiger partial charge on any atom is 0.233 e. The number of fused-ring (bicyclic) bond motifs is 1. The van der Waals surface area contributed by atoms with Gasteiger partial charge in [-0.2, -0.15) is 5.10 Å². The van der Waals surface area contributed by atoms with Gasteiger partial charge in [-0.3, -0.25) is 9.48 Å². The largest absolute Gasteiger partial charge is 0.341 e. The number of nitrogens with zero attached hydrogens (tertiary/aromatic N) is 3. The molecule has 2 aliphatic heterocycles. The highest BCUT2D eigenvalue weighted by Crippen LogP contribution is 2.38. The molecule has 0 saturated carbocycles. The third-order valence-electron chi connectivity index (χ3n) is 5.48. The molecule has 0 radical (unpaired) electrons. The van der Waals surface area contributed by atoms with Gasteiger partial charge in [-0.25, -0.2) is 0 Å². The van der Waals surface area contributed by atoms with Gasteiger partial charge < -0.3 is 10.2 Å². The summed E-state index contributed by atoms with van der Waals surface area (Å²) in [5, 5.41) is 7.89. The molecule has 1 saturated heterocycles. The molecule has 1 aromatic rings. The fourth-order valence-corrected chi connectivity index (χ4v) is 3.81. The molecule has 21 heavy (non-hydrogen) atoms. The topological polar surface area (TPSA) is 50.2 Å². The van der Waals surface area contributed by atoms with Gasteiger partial charge >= 0.3 is 0 Å². The Hall–Kier alpha value is -1.36. The van der Waals surface area contributed by atoms with Crippen molar-refractivity contribution in [3.8, 4) is 0 Å². The molecule has 5 heteroatoms. The van der Waals surface area contributed by atoms with E-state index in [-0.39, 0.29) is 11.8 Å². The molecule has 116 valence electrons. The fourth-order valence-electron chi connectivity index (χ4n) is 3.81. The first-order valence-electron chi connectivity index (χ1n) is 8.10. The molecule has 0 bridgehead atoms. The van der Waals surface area contributed by atoms with Gasteiger partial charge in [0, 0.05) is 45.0 Å². The summed E-state index contributed by atoms with van der Waals surface area (Å²) in [4.78, 5) is 15.0. The van der Waals surface area contributed by atoms with E-state index < -0.39 is 0 Å². The van der Waals surface area contributed by atoms with E-state index in [9.17, 15) is 4.79 Å². The van der Waals surface area contributed by atoms with Crippen LogP contribution in [0.25, 0.3) is 0 Å². The average molecular weight is 290 g/mol. The Morgan fingerprint density at radius 2 is 2.24 bits per heavy atom. The summed E-state index contributed by atoms with van der Waals surface area (Å²) in [6.07, 6.45) is 5.48. The smallest absolute Gasteiger partial charge is 0.233 e. The maximum atomic E-state index is 12.9. The molecular formula is C16H26N4O. The summed E-state index contributed by atoms with van der Waals surface area (Å²) in [5.74, 6) is 0.144. The summed E-state index contributed by atoms with van der Waals surface area (Å²) in [6.45, 7) is 7.84. The Morgan fingerprint density at radius 1 is 1.48 bits per heavy atom. The SMILES string of the molecule is CCC1(CC)CCN(C(=O)C2CNCc3cn(C)nc32)C1. The minimum atomic E-state index is -0.112. The monoisotopic (exact) mass is 290 g/mol. The molecule has 0 aromatic carbocycles. The van der Waals surface area contributed by atoms with Crippen LogP contribution in [0.3, 0.4) is 0 Å². The van der Waals surface area contributed by atoms with Crippen LogP contribution in [0.4, 0.5) is 0 Å². The van der Waals surface area contributed by atoms with Crippen molar-refractivity contribution in [2.75, 3.05) is 19.6 Å². The first-order chi connectivity index (χ1) is 10.1. The summed E-state index contributed by atoms with van der Waals surface area (Å²) >= 11 is 0. The second-order valence-corrected chi connectivity index (χ2v) is 6.61. The third kappa shape index (κ3) is 2.48. The van der Waals surface area contributed by atoms with Crippen LogP contribution in [0, 0.1) is 5.41 Å². The molecule has 3 heterocycles. The van der Waals surface area contributed by atoms with Crippen LogP contribution in [-0.4, -0.2) is 40.2 Å². The van der Waals surface area contributed by atoms with E-state index in [1.54, 1.807) is 0 Å². The molecule has 1 aromatic heterocycles. The summed E-state index contributed by atoms with van der Waals surface area (Å²) in [7, 11) is 1.93. The Bertz CT molecular complexity index is 532. The van der Waals surface area contributed by atoms with E-state index >= 15 is 0 Å². The highest BCUT2D eigenvalue weighted by atomic mass is 16.2. The van der Waals surface area contributed by atoms with Crippen LogP contribution < -0.4 is 5.32 Å². The second kappa shape index (κ2) is 5.44. The third-order valence-corrected chi connectivity index (χ3v) is 5.48. The Balaban J connectivity index is 1.78. The Labute approximate surface area is 126 Å². The lowest BCUT2D eigenvalue weighted by atomic mass is 9.82. The standard InChI is InChI=1S/C16H26N4O/c1-4-16(5-2)6-7-20(11-16)15(21)13-9-17-8-12-10-19(3)18-14(12)13/h10,13,17H,4-9,11H2,1-3H3. The number of carbonyl (C=O) groups is 1. The van der Waals surface area contributed by atoms with Gasteiger partial charge in [-0.1, -0.05) is 13.8 Å². The molecule has 3 rings (SSSR count). The van der Waals surface area contributed by atoms with E-state index in [1.165, 1.54) is 5.56 Å². The van der Waals surface area contributed by atoms with Crippen molar-refractivity contribution in [1.82, 2.24) is 20.0 Å². The van der Waals surface area contributed by atoms with Gasteiger partial charge in [0.25, 0.3) is 0 Å². The molecule has 1 atom stereocenters. The van der Waals surface area contributed by atoms with E-state index in [2.05, 4.69) is 29.2 Å². The lowest BCUT2D eigenvalue weighted by Gasteiger charge is -2.29. The second-order valence-electron chi connectivity index (χ2n) is 6.61. The summed E-state index contributed by atoms with van der Waals surface area (Å²) in [5.41, 5.74) is 2.48. The van der Waals surface area contributed by atoms with Gasteiger partial charge in [-0.15, -0.1) is 0 Å². The molecule has 1 fully saturated rings. The summed E-state index contributed by atoms with van der Waals surface area (Å²) in [6, 6.07) is 0. The van der Waals surface area contributed by atoms with Crippen LogP contribution >= 0.6 is 0 Å². The first-order valence-corrected chi connectivity index (χ1v) is 8.10. The van der Waals surface area contributed by atoms with Crippen LogP contribution in [-0.2, 0) is 18.4 Å². The van der Waals surface area contributed by atoms with Crippen LogP contribution in [0.5, 0.6) is 0 Å². The molecular weight excluding hydrogens is 264 g/mol. The average Bonchev–Trinajstić information content (AvgIpc) is 3.09. The van der Waals surface area contributed by atoms with E-state index in [0.29, 0.717) is 12.0 Å². The zero-order valence-electron chi connectivity index (χ0n) is 13.4. The summed E-state index contributed by atoms with van der Waals surface area (Å²) < 4.78 is 1.82. The number of carbonyl (C=O) groups excluding carboxylic acids is 1. The number of aryl methyl sites for hydroxylation is 1. The van der Waals surface area contributed by atoms with Gasteiger partial charge in [-0.05, 0) is 24.7 Å². The number of nitrogens with one attached hydrogen (secondary N) is 1. The minimum Gasteiger partial charge on any atom is -0.341 e. The molecule has 2 aliphatic rings. The Morgan fingerprint density at radius 3 is 2.90 bits per heavy atom. The number of aromatic nitrogens is 2. The lowest BCUT2D eigenvalue weighted by Crippen LogP contribution is -2.41. The number of hydrogen-bond donors (Lipinski definition) is 1. The van der Waals surface area contributed by atoms with Gasteiger partial charge in [0.15, 0.2) is 0 Å². The van der Waals surface area contributed by atoms with Crippen molar-refractivity contribution in [2.24, 2.45) is 12.5 Å². The molecule has 1 N–H and O–H groups in total. The number of rotatable bonds is 3. The quantitative estimate of drug-likeness (QED) is 0.921. The van der Waals surface area contributed by atoms with Crippen LogP contribution in [0.2, 0.25) is 0 Å². The van der Waals surface area contributed by atoms with Gasteiger partial charge in [0.2, 0.25) is 5.91 Å². The van der Waals surface area contributed by atoms with E-state index in [1.807, 2.05) is 17.9 Å². The fraction of sp³-hybridized carbons (Fsp3) is 0.750. The number of likely N-dealkylation sites (tertiary alicyclic amines) is 1. The van der Waals surface area contributed by atoms with Crippen LogP contribution in [0.15, 0.2) is 6.20 Å². The Kier molecular flexibility index (Phi) is 3.78. The van der Waals surface area contributed by atoms with Gasteiger partial charge in [0.05, 0.1) is 11.6 Å². The maximum absolute atomic E-state index is 12.9. The van der Waals surface area contributed by atoms with Crippen molar-refractivity contribution in [2.45, 2.75) is 45.6 Å². The van der Waals surface area contributed by atoms with E-state index in [4.69, 9.17) is 0 Å². The van der Waals surface area contributed by atoms with E-state index in [0.717, 1.165) is 44.6 Å². The molecule has 0 aliphatic carbocycles. The number of hydrogen-bond acceptors (Lipinski definition) is 3. The lowest BCUT2D eigenvalue weighted by molar-refractivity contribution is -0.132. The van der Waals surface area contributed by atoms with Crippen molar-refractivity contribution >= 4 is 5.91 Å². The zero-order chi connectivity index (χ0) is 15.0. The zero-order valence-corrected chi connectivity index (χ0v) is 13.4.